The van der Waals surface area contributed by atoms with Crippen molar-refractivity contribution in [3.05, 3.63) is 16.7 Å². The number of rotatable bonds is 3. The summed E-state index contributed by atoms with van der Waals surface area (Å²) in [4.78, 5) is 18.6. The van der Waals surface area contributed by atoms with Gasteiger partial charge in [0, 0.05) is 0 Å². The van der Waals surface area contributed by atoms with Crippen molar-refractivity contribution >= 4 is 27.2 Å². The van der Waals surface area contributed by atoms with E-state index in [9.17, 15) is 33.1 Å². The fraction of sp³-hybridized carbons (Fsp3) is 0.500. The minimum atomic E-state index is -5.12. The molecule has 1 saturated heterocycles. The number of nitrogens with one attached hydrogen (secondary N) is 1. The van der Waals surface area contributed by atoms with Crippen molar-refractivity contribution in [3.8, 4) is 0 Å². The van der Waals surface area contributed by atoms with E-state index in [1.807, 2.05) is 0 Å². The smallest absolute Gasteiger partial charge is 0.300 e. The summed E-state index contributed by atoms with van der Waals surface area (Å²) >= 11 is 0. The number of hydrogen-bond acceptors (Lipinski definition) is 10. The van der Waals surface area contributed by atoms with Crippen LogP contribution in [0.4, 0.5) is 5.95 Å². The molecule has 3 heterocycles. The molecule has 24 heavy (non-hydrogen) atoms. The average molecular weight is 363 g/mol. The molecule has 0 bridgehead atoms. The number of nitrogens with zero attached hydrogens (tertiary/aromatic N) is 3. The highest BCUT2D eigenvalue weighted by Gasteiger charge is 2.62. The van der Waals surface area contributed by atoms with Crippen LogP contribution in [-0.2, 0) is 14.9 Å². The molecule has 132 valence electrons. The zero-order valence-corrected chi connectivity index (χ0v) is 12.6. The first-order chi connectivity index (χ1) is 11.1. The normalized spacial score (nSPS) is 30.9. The first-order valence-corrected chi connectivity index (χ1v) is 7.90. The molecule has 3 rings (SSSR count). The van der Waals surface area contributed by atoms with Gasteiger partial charge in [0.15, 0.2) is 17.4 Å². The van der Waals surface area contributed by atoms with Gasteiger partial charge in [-0.15, -0.1) is 0 Å². The summed E-state index contributed by atoms with van der Waals surface area (Å²) in [5.74, 6) is -0.273. The van der Waals surface area contributed by atoms with Crippen molar-refractivity contribution in [1.82, 2.24) is 19.5 Å². The van der Waals surface area contributed by atoms with Gasteiger partial charge in [0.2, 0.25) is 10.9 Å². The molecule has 0 aliphatic carbocycles. The van der Waals surface area contributed by atoms with E-state index in [-0.39, 0.29) is 17.1 Å². The maximum absolute atomic E-state index is 11.7. The lowest BCUT2D eigenvalue weighted by Crippen LogP contribution is -2.52. The number of nitrogens with two attached hydrogens (primary N) is 1. The molecule has 14 heteroatoms. The molecule has 1 aliphatic heterocycles. The van der Waals surface area contributed by atoms with Gasteiger partial charge in [-0.2, -0.15) is 13.4 Å². The summed E-state index contributed by atoms with van der Waals surface area (Å²) < 4.78 is 38.3. The first kappa shape index (κ1) is 16.7. The van der Waals surface area contributed by atoms with Crippen molar-refractivity contribution < 1.29 is 33.0 Å². The van der Waals surface area contributed by atoms with E-state index in [2.05, 4.69) is 15.0 Å². The minimum Gasteiger partial charge on any atom is -0.392 e. The van der Waals surface area contributed by atoms with Crippen LogP contribution in [0.15, 0.2) is 11.1 Å². The van der Waals surface area contributed by atoms with Crippen molar-refractivity contribution in [2.24, 2.45) is 0 Å². The third kappa shape index (κ3) is 2.12. The highest BCUT2D eigenvalue weighted by atomic mass is 32.2. The average Bonchev–Trinajstić information content (AvgIpc) is 3.00. The number of aliphatic hydroxyl groups is 3. The summed E-state index contributed by atoms with van der Waals surface area (Å²) in [5.41, 5.74) is 4.40. The molecule has 7 N–H and O–H groups in total. The van der Waals surface area contributed by atoms with Crippen molar-refractivity contribution in [2.45, 2.75) is 23.4 Å². The summed E-state index contributed by atoms with van der Waals surface area (Å²) in [7, 11) is -5.12. The van der Waals surface area contributed by atoms with Gasteiger partial charge in [0.1, 0.15) is 12.2 Å². The lowest BCUT2D eigenvalue weighted by molar-refractivity contribution is -0.0798. The fourth-order valence-electron chi connectivity index (χ4n) is 2.54. The largest absolute Gasteiger partial charge is 0.392 e. The molecule has 1 fully saturated rings. The van der Waals surface area contributed by atoms with E-state index in [0.29, 0.717) is 0 Å². The summed E-state index contributed by atoms with van der Waals surface area (Å²) in [6, 6.07) is 0. The highest BCUT2D eigenvalue weighted by Crippen LogP contribution is 2.40. The van der Waals surface area contributed by atoms with E-state index in [0.717, 1.165) is 10.9 Å². The van der Waals surface area contributed by atoms with Crippen molar-refractivity contribution in [2.75, 3.05) is 12.3 Å². The third-order valence-corrected chi connectivity index (χ3v) is 5.11. The number of imidazole rings is 1. The number of aromatic amines is 1. The van der Waals surface area contributed by atoms with E-state index in [4.69, 9.17) is 10.5 Å². The van der Waals surface area contributed by atoms with Gasteiger partial charge in [-0.3, -0.25) is 18.9 Å². The number of aromatic nitrogens is 4. The number of hydrogen-bond donors (Lipinski definition) is 6. The minimum absolute atomic E-state index is 0.156. The van der Waals surface area contributed by atoms with Crippen LogP contribution in [0.5, 0.6) is 0 Å². The Bertz CT molecular complexity index is 954. The Morgan fingerprint density at radius 3 is 2.67 bits per heavy atom. The molecule has 1 aliphatic rings. The Morgan fingerprint density at radius 1 is 1.46 bits per heavy atom. The van der Waals surface area contributed by atoms with Crippen LogP contribution in [0.1, 0.15) is 6.23 Å². The molecule has 13 nitrogen and oxygen atoms in total. The maximum Gasteiger partial charge on any atom is 0.300 e. The molecule has 2 aromatic rings. The number of nitrogen functional groups attached to an aromatic ring is 1. The predicted octanol–water partition coefficient (Wildman–Crippen LogP) is -3.47. The van der Waals surface area contributed by atoms with Gasteiger partial charge in [-0.25, -0.2) is 4.98 Å². The number of aliphatic hydroxyl groups excluding tert-OH is 3. The van der Waals surface area contributed by atoms with Crippen LogP contribution in [0, 0.1) is 0 Å². The first-order valence-electron chi connectivity index (χ1n) is 6.46. The Hall–Kier alpha value is -2.10. The number of H-pyrrole nitrogens is 1. The Kier molecular flexibility index (Phi) is 3.63. The van der Waals surface area contributed by atoms with E-state index < -0.39 is 45.7 Å². The molecule has 0 radical (unpaired) electrons. The lowest BCUT2D eigenvalue weighted by Gasteiger charge is -2.25. The van der Waals surface area contributed by atoms with Crippen molar-refractivity contribution in [3.63, 3.8) is 0 Å². The van der Waals surface area contributed by atoms with Gasteiger partial charge in [0.25, 0.3) is 15.7 Å². The topological polar surface area (TPSA) is 214 Å². The number of ether oxygens (including phenoxy) is 1. The highest BCUT2D eigenvalue weighted by molar-refractivity contribution is 7.87. The van der Waals surface area contributed by atoms with Gasteiger partial charge in [0.05, 0.1) is 12.9 Å². The van der Waals surface area contributed by atoms with Gasteiger partial charge >= 0.3 is 0 Å². The van der Waals surface area contributed by atoms with Crippen LogP contribution in [0.2, 0.25) is 0 Å². The summed E-state index contributed by atoms with van der Waals surface area (Å²) in [6.07, 6.45) is -4.68. The number of fused-ring (bicyclic) bond motifs is 1. The van der Waals surface area contributed by atoms with Gasteiger partial charge < -0.3 is 25.8 Å². The molecule has 0 aromatic carbocycles. The van der Waals surface area contributed by atoms with Crippen LogP contribution < -0.4 is 11.3 Å². The van der Waals surface area contributed by atoms with Gasteiger partial charge in [-0.1, -0.05) is 0 Å². The Labute approximate surface area is 133 Å². The van der Waals surface area contributed by atoms with Crippen LogP contribution in [0.25, 0.3) is 11.2 Å². The lowest BCUT2D eigenvalue weighted by atomic mass is 10.1. The second kappa shape index (κ2) is 5.20. The molecule has 0 unspecified atom stereocenters. The SMILES string of the molecule is Nc1nc2c(ncn2[C@@H]2O[C@@](CO)(S(=O)(=O)O)[C@@H](O)[C@H]2O)c(=O)[nH]1. The second-order valence-electron chi connectivity index (χ2n) is 5.16. The maximum atomic E-state index is 11.7. The molecular formula is C10H13N5O8S. The zero-order valence-electron chi connectivity index (χ0n) is 11.8. The monoisotopic (exact) mass is 363 g/mol. The fourth-order valence-corrected chi connectivity index (χ4v) is 3.36. The molecule has 2 aromatic heterocycles. The predicted molar refractivity (Wildman–Crippen MR) is 76.1 cm³/mol. The van der Waals surface area contributed by atoms with Crippen LogP contribution in [-0.4, -0.2) is 71.6 Å². The van der Waals surface area contributed by atoms with Crippen LogP contribution in [0.3, 0.4) is 0 Å². The third-order valence-electron chi connectivity index (χ3n) is 3.77. The quantitative estimate of drug-likeness (QED) is 0.294. The molecular weight excluding hydrogens is 350 g/mol. The standard InChI is InChI=1S/C10H13N5O8S/c11-9-13-6-3(7(19)14-9)12-2-15(6)8-4(17)5(18)10(1-16,23-8)24(20,21)22/h2,4-5,8,16-18H,1H2,(H,20,21,22)(H3,11,13,14,19)/t4-,5+,8-,10+/m1/s1. The Morgan fingerprint density at radius 2 is 2.12 bits per heavy atom. The van der Waals surface area contributed by atoms with Crippen LogP contribution >= 0.6 is 0 Å². The second-order valence-corrected chi connectivity index (χ2v) is 6.81. The summed E-state index contributed by atoms with van der Waals surface area (Å²) in [5, 5.41) is 29.4. The number of anilines is 1. The van der Waals surface area contributed by atoms with E-state index >= 15 is 0 Å². The Balaban J connectivity index is 2.17. The van der Waals surface area contributed by atoms with E-state index in [1.165, 1.54) is 0 Å². The summed E-state index contributed by atoms with van der Waals surface area (Å²) in [6.45, 7) is -1.33. The molecule has 0 spiro atoms. The van der Waals surface area contributed by atoms with Gasteiger partial charge in [-0.05, 0) is 0 Å². The zero-order chi connectivity index (χ0) is 17.9. The molecule has 0 amide bonds. The van der Waals surface area contributed by atoms with Crippen molar-refractivity contribution in [1.29, 1.82) is 0 Å². The molecule has 4 atom stereocenters. The van der Waals surface area contributed by atoms with E-state index in [1.54, 1.807) is 0 Å². The molecule has 0 saturated carbocycles.